The van der Waals surface area contributed by atoms with E-state index in [0.29, 0.717) is 0 Å². The highest BCUT2D eigenvalue weighted by Crippen LogP contribution is 2.37. The summed E-state index contributed by atoms with van der Waals surface area (Å²) in [4.78, 5) is 0. The second-order valence-corrected chi connectivity index (χ2v) is 11.0. The van der Waals surface area contributed by atoms with Crippen molar-refractivity contribution < 1.29 is 4.43 Å². The summed E-state index contributed by atoms with van der Waals surface area (Å²) in [6.45, 7) is 15.8. The first-order chi connectivity index (χ1) is 7.67. The fraction of sp³-hybridized carbons (Fsp3) is 0.600. The lowest BCUT2D eigenvalue weighted by Gasteiger charge is -2.36. The highest BCUT2D eigenvalue weighted by Gasteiger charge is 2.38. The topological polar surface area (TPSA) is 9.23 Å². The van der Waals surface area contributed by atoms with Crippen molar-refractivity contribution in [3.05, 3.63) is 29.3 Å². The van der Waals surface area contributed by atoms with Crippen LogP contribution in [-0.4, -0.2) is 8.32 Å². The van der Waals surface area contributed by atoms with Crippen LogP contribution in [0.1, 0.15) is 38.8 Å². The molecule has 1 aromatic rings. The molecule has 0 amide bonds. The lowest BCUT2D eigenvalue weighted by atomic mass is 10.1. The Morgan fingerprint density at radius 1 is 1.18 bits per heavy atom. The van der Waals surface area contributed by atoms with Crippen molar-refractivity contribution in [2.45, 2.75) is 59.2 Å². The number of hydrogen-bond acceptors (Lipinski definition) is 1. The Balaban J connectivity index is 2.96. The molecule has 0 aromatic heterocycles. The van der Waals surface area contributed by atoms with Crippen LogP contribution in [-0.2, 0) is 6.42 Å². The fourth-order valence-electron chi connectivity index (χ4n) is 1.54. The number of rotatable bonds is 3. The molecule has 0 saturated carbocycles. The normalized spacial score (nSPS) is 12.6. The molecule has 0 aliphatic carbocycles. The van der Waals surface area contributed by atoms with Gasteiger partial charge in [-0.2, -0.15) is 0 Å². The molecule has 0 fully saturated rings. The first-order valence-corrected chi connectivity index (χ1v) is 9.37. The van der Waals surface area contributed by atoms with E-state index in [1.807, 2.05) is 0 Å². The second kappa shape index (κ2) is 4.85. The summed E-state index contributed by atoms with van der Waals surface area (Å²) in [5, 5.41) is 0.254. The maximum Gasteiger partial charge on any atom is 0.250 e. The Morgan fingerprint density at radius 3 is 2.24 bits per heavy atom. The molecule has 1 nitrogen and oxygen atoms in total. The molecule has 0 spiro atoms. The van der Waals surface area contributed by atoms with E-state index < -0.39 is 8.32 Å². The number of aryl methyl sites for hydroxylation is 2. The predicted molar refractivity (Wildman–Crippen MR) is 78.4 cm³/mol. The zero-order chi connectivity index (χ0) is 13.3. The third-order valence-corrected chi connectivity index (χ3v) is 8.24. The van der Waals surface area contributed by atoms with E-state index in [1.54, 1.807) is 0 Å². The van der Waals surface area contributed by atoms with Gasteiger partial charge in [0, 0.05) is 0 Å². The molecule has 0 heterocycles. The van der Waals surface area contributed by atoms with Gasteiger partial charge in [0.25, 0.3) is 0 Å². The molecular formula is C15H26OSi. The molecule has 96 valence electrons. The molecule has 0 aliphatic heterocycles. The molecule has 0 atom stereocenters. The molecule has 0 aliphatic rings. The zero-order valence-electron chi connectivity index (χ0n) is 12.3. The fourth-order valence-corrected chi connectivity index (χ4v) is 2.56. The average Bonchev–Trinajstić information content (AvgIpc) is 2.19. The average molecular weight is 250 g/mol. The Hall–Kier alpha value is -0.763. The SMILES string of the molecule is CCc1cc(O[Si](C)(C)C(C)(C)C)ccc1C. The van der Waals surface area contributed by atoms with Gasteiger partial charge in [-0.05, 0) is 54.7 Å². The number of benzene rings is 1. The Morgan fingerprint density at radius 2 is 1.76 bits per heavy atom. The van der Waals surface area contributed by atoms with Crippen molar-refractivity contribution in [3.8, 4) is 5.75 Å². The minimum absolute atomic E-state index is 0.254. The molecule has 2 heteroatoms. The Kier molecular flexibility index (Phi) is 4.08. The van der Waals surface area contributed by atoms with Gasteiger partial charge in [0.05, 0.1) is 0 Å². The highest BCUT2D eigenvalue weighted by atomic mass is 28.4. The second-order valence-electron chi connectivity index (χ2n) is 6.30. The summed E-state index contributed by atoms with van der Waals surface area (Å²) in [5.41, 5.74) is 2.75. The van der Waals surface area contributed by atoms with Crippen LogP contribution in [0, 0.1) is 6.92 Å². The van der Waals surface area contributed by atoms with E-state index >= 15 is 0 Å². The summed E-state index contributed by atoms with van der Waals surface area (Å²) < 4.78 is 6.30. The van der Waals surface area contributed by atoms with E-state index in [2.05, 4.69) is 65.9 Å². The van der Waals surface area contributed by atoms with Crippen molar-refractivity contribution >= 4 is 8.32 Å². The van der Waals surface area contributed by atoms with Crippen LogP contribution in [0.25, 0.3) is 0 Å². The highest BCUT2D eigenvalue weighted by molar-refractivity contribution is 6.74. The van der Waals surface area contributed by atoms with Crippen LogP contribution >= 0.6 is 0 Å². The van der Waals surface area contributed by atoms with Crippen molar-refractivity contribution in [2.75, 3.05) is 0 Å². The zero-order valence-corrected chi connectivity index (χ0v) is 13.3. The number of hydrogen-bond donors (Lipinski definition) is 0. The molecule has 0 unspecified atom stereocenters. The van der Waals surface area contributed by atoms with Gasteiger partial charge >= 0.3 is 0 Å². The summed E-state index contributed by atoms with van der Waals surface area (Å²) >= 11 is 0. The van der Waals surface area contributed by atoms with Crippen LogP contribution in [0.5, 0.6) is 5.75 Å². The van der Waals surface area contributed by atoms with Gasteiger partial charge < -0.3 is 4.43 Å². The molecule has 0 radical (unpaired) electrons. The van der Waals surface area contributed by atoms with Crippen molar-refractivity contribution in [1.82, 2.24) is 0 Å². The molecule has 17 heavy (non-hydrogen) atoms. The molecule has 1 rings (SSSR count). The lowest BCUT2D eigenvalue weighted by Crippen LogP contribution is -2.43. The van der Waals surface area contributed by atoms with Gasteiger partial charge in [-0.15, -0.1) is 0 Å². The molecule has 0 N–H and O–H groups in total. The van der Waals surface area contributed by atoms with Crippen molar-refractivity contribution in [2.24, 2.45) is 0 Å². The lowest BCUT2D eigenvalue weighted by molar-refractivity contribution is 0.491. The Bertz CT molecular complexity index is 388. The standard InChI is InChI=1S/C15H26OSi/c1-8-13-11-14(10-9-12(13)2)16-17(6,7)15(3,4)5/h9-11H,8H2,1-7H3. The monoisotopic (exact) mass is 250 g/mol. The van der Waals surface area contributed by atoms with Crippen LogP contribution in [0.15, 0.2) is 18.2 Å². The molecule has 0 bridgehead atoms. The van der Waals surface area contributed by atoms with E-state index in [1.165, 1.54) is 11.1 Å². The smallest absolute Gasteiger partial charge is 0.250 e. The summed E-state index contributed by atoms with van der Waals surface area (Å²) in [6.07, 6.45) is 1.07. The minimum Gasteiger partial charge on any atom is -0.543 e. The summed E-state index contributed by atoms with van der Waals surface area (Å²) in [6, 6.07) is 6.48. The Labute approximate surface area is 107 Å². The third-order valence-electron chi connectivity index (χ3n) is 3.88. The van der Waals surface area contributed by atoms with Gasteiger partial charge in [-0.25, -0.2) is 0 Å². The molecule has 1 aromatic carbocycles. The van der Waals surface area contributed by atoms with Crippen LogP contribution in [0.2, 0.25) is 18.1 Å². The minimum atomic E-state index is -1.70. The third kappa shape index (κ3) is 3.35. The maximum absolute atomic E-state index is 6.30. The predicted octanol–water partition coefficient (Wildman–Crippen LogP) is 4.94. The van der Waals surface area contributed by atoms with Gasteiger partial charge in [0.2, 0.25) is 8.32 Å². The maximum atomic E-state index is 6.30. The van der Waals surface area contributed by atoms with Gasteiger partial charge in [-0.3, -0.25) is 0 Å². The summed E-state index contributed by atoms with van der Waals surface area (Å²) in [7, 11) is -1.70. The van der Waals surface area contributed by atoms with E-state index in [-0.39, 0.29) is 5.04 Å². The van der Waals surface area contributed by atoms with Gasteiger partial charge in [0.1, 0.15) is 5.75 Å². The van der Waals surface area contributed by atoms with Crippen LogP contribution in [0.3, 0.4) is 0 Å². The van der Waals surface area contributed by atoms with E-state index in [4.69, 9.17) is 4.43 Å². The van der Waals surface area contributed by atoms with Crippen molar-refractivity contribution in [3.63, 3.8) is 0 Å². The first kappa shape index (κ1) is 14.3. The summed E-state index contributed by atoms with van der Waals surface area (Å²) in [5.74, 6) is 1.04. The van der Waals surface area contributed by atoms with Crippen LogP contribution < -0.4 is 4.43 Å². The first-order valence-electron chi connectivity index (χ1n) is 6.46. The molecule has 0 saturated heterocycles. The van der Waals surface area contributed by atoms with E-state index in [9.17, 15) is 0 Å². The van der Waals surface area contributed by atoms with E-state index in [0.717, 1.165) is 12.2 Å². The largest absolute Gasteiger partial charge is 0.543 e. The quantitative estimate of drug-likeness (QED) is 0.690. The van der Waals surface area contributed by atoms with Crippen LogP contribution in [0.4, 0.5) is 0 Å². The van der Waals surface area contributed by atoms with Gasteiger partial charge in [0.15, 0.2) is 0 Å². The molecular weight excluding hydrogens is 224 g/mol. The van der Waals surface area contributed by atoms with Crippen molar-refractivity contribution in [1.29, 1.82) is 0 Å². The van der Waals surface area contributed by atoms with Gasteiger partial charge in [-0.1, -0.05) is 33.8 Å².